The monoisotopic (exact) mass is 850 g/mol. The van der Waals surface area contributed by atoms with Crippen molar-refractivity contribution in [2.75, 3.05) is 23.4 Å². The van der Waals surface area contributed by atoms with Gasteiger partial charge < -0.3 is 19.1 Å². The van der Waals surface area contributed by atoms with Crippen LogP contribution in [0.5, 0.6) is 11.5 Å². The molecule has 4 aromatic carbocycles. The van der Waals surface area contributed by atoms with E-state index in [1.807, 2.05) is 66.4 Å². The fourth-order valence-electron chi connectivity index (χ4n) is 7.33. The molecule has 1 atom stereocenters. The van der Waals surface area contributed by atoms with E-state index in [0.29, 0.717) is 64.2 Å². The lowest BCUT2D eigenvalue weighted by Gasteiger charge is -2.31. The number of halogens is 3. The Morgan fingerprint density at radius 3 is 2.36 bits per heavy atom. The minimum Gasteiger partial charge on any atom is -0.466 e. The van der Waals surface area contributed by atoms with Gasteiger partial charge in [0.25, 0.3) is 5.91 Å². The Morgan fingerprint density at radius 2 is 1.64 bits per heavy atom. The standard InChI is InChI=1S/C47H45F3N4O6S/c1-6-58-41(55)24-22-36(47(48,49)50)30-17-19-31(20-18-30)59-38-15-10-12-32(28(38)2)33-21-23-40(52-42(33)44(57)60-46(3,4)5)54-26-25-29-11-9-13-34(35(29)27-54)43(56)53-45-51-37-14-7-8-16-39(37)61-45/h7-21,23,36H,6,22,24-27H2,1-5H3,(H,51,53,56)/t36-/m0/s1. The van der Waals surface area contributed by atoms with Gasteiger partial charge in [-0.3, -0.25) is 14.9 Å². The summed E-state index contributed by atoms with van der Waals surface area (Å²) in [5, 5.41) is 3.49. The van der Waals surface area contributed by atoms with Crippen molar-refractivity contribution in [1.82, 2.24) is 9.97 Å². The van der Waals surface area contributed by atoms with Crippen molar-refractivity contribution in [2.45, 2.75) is 78.1 Å². The molecule has 0 saturated carbocycles. The number of nitrogens with one attached hydrogen (secondary N) is 1. The van der Waals surface area contributed by atoms with Crippen LogP contribution in [0.3, 0.4) is 0 Å². The van der Waals surface area contributed by atoms with E-state index >= 15 is 0 Å². The number of rotatable bonds is 12. The highest BCUT2D eigenvalue weighted by atomic mass is 32.1. The van der Waals surface area contributed by atoms with Crippen molar-refractivity contribution in [3.8, 4) is 22.6 Å². The smallest absolute Gasteiger partial charge is 0.395 e. The van der Waals surface area contributed by atoms with Crippen LogP contribution in [0.15, 0.2) is 97.1 Å². The zero-order chi connectivity index (χ0) is 43.5. The maximum atomic E-state index is 14.0. The summed E-state index contributed by atoms with van der Waals surface area (Å²) in [5.41, 5.74) is 4.32. The van der Waals surface area contributed by atoms with Gasteiger partial charge in [-0.15, -0.1) is 0 Å². The summed E-state index contributed by atoms with van der Waals surface area (Å²) in [6.45, 7) is 9.81. The summed E-state index contributed by atoms with van der Waals surface area (Å²) in [6.07, 6.45) is -4.72. The molecule has 61 heavy (non-hydrogen) atoms. The second-order valence-corrected chi connectivity index (χ2v) is 16.7. The molecular formula is C47H45F3N4O6S. The number of pyridine rings is 1. The quantitative estimate of drug-likeness (QED) is 0.120. The van der Waals surface area contributed by atoms with Gasteiger partial charge in [-0.05, 0) is 124 Å². The van der Waals surface area contributed by atoms with Crippen LogP contribution in [0.25, 0.3) is 21.3 Å². The number of hydrogen-bond donors (Lipinski definition) is 1. The number of fused-ring (bicyclic) bond motifs is 2. The van der Waals surface area contributed by atoms with Crippen molar-refractivity contribution in [2.24, 2.45) is 0 Å². The molecule has 0 radical (unpaired) electrons. The number of aromatic nitrogens is 2. The lowest BCUT2D eigenvalue weighted by molar-refractivity contribution is -0.156. The van der Waals surface area contributed by atoms with Gasteiger partial charge in [0, 0.05) is 30.6 Å². The van der Waals surface area contributed by atoms with Gasteiger partial charge in [0.1, 0.15) is 22.9 Å². The molecule has 0 saturated heterocycles. The number of benzene rings is 4. The minimum atomic E-state index is -4.56. The molecule has 1 aliphatic heterocycles. The van der Waals surface area contributed by atoms with Crippen LogP contribution in [0, 0.1) is 6.92 Å². The number of hydrogen-bond acceptors (Lipinski definition) is 10. The molecule has 14 heteroatoms. The molecule has 0 spiro atoms. The molecule has 7 rings (SSSR count). The second-order valence-electron chi connectivity index (χ2n) is 15.7. The molecule has 10 nitrogen and oxygen atoms in total. The maximum Gasteiger partial charge on any atom is 0.395 e. The number of para-hydroxylation sites is 1. The number of thiazole rings is 1. The largest absolute Gasteiger partial charge is 0.466 e. The zero-order valence-electron chi connectivity index (χ0n) is 34.4. The van der Waals surface area contributed by atoms with Gasteiger partial charge in [-0.25, -0.2) is 14.8 Å². The normalized spacial score (nSPS) is 13.3. The van der Waals surface area contributed by atoms with Crippen LogP contribution in [0.4, 0.5) is 24.1 Å². The van der Waals surface area contributed by atoms with Crippen LogP contribution >= 0.6 is 11.3 Å². The van der Waals surface area contributed by atoms with Gasteiger partial charge in [0.2, 0.25) is 0 Å². The third-order valence-corrected chi connectivity index (χ3v) is 11.2. The number of carbonyl (C=O) groups is 3. The van der Waals surface area contributed by atoms with Crippen molar-refractivity contribution >= 4 is 50.3 Å². The molecule has 1 amide bonds. The molecule has 2 aromatic heterocycles. The van der Waals surface area contributed by atoms with Crippen molar-refractivity contribution < 1.29 is 41.8 Å². The molecule has 0 fully saturated rings. The third-order valence-electron chi connectivity index (χ3n) is 10.3. The fraction of sp³-hybridized carbons (Fsp3) is 0.298. The molecule has 316 valence electrons. The SMILES string of the molecule is CCOC(=O)CC[C@@H](c1ccc(Oc2cccc(-c3ccc(N4CCc5cccc(C(=O)Nc6nc7ccccc7s6)c5C4)nc3C(=O)OC(C)(C)C)c2C)cc1)C(F)(F)F. The van der Waals surface area contributed by atoms with Crippen molar-refractivity contribution in [3.05, 3.63) is 131 Å². The highest BCUT2D eigenvalue weighted by Gasteiger charge is 2.40. The number of amides is 1. The third kappa shape index (κ3) is 10.0. The van der Waals surface area contributed by atoms with Crippen LogP contribution < -0.4 is 15.0 Å². The highest BCUT2D eigenvalue weighted by molar-refractivity contribution is 7.22. The van der Waals surface area contributed by atoms with Gasteiger partial charge in [-0.2, -0.15) is 13.2 Å². The number of anilines is 2. The van der Waals surface area contributed by atoms with Gasteiger partial charge >= 0.3 is 18.1 Å². The summed E-state index contributed by atoms with van der Waals surface area (Å²) in [5.74, 6) is -2.17. The molecule has 6 aromatic rings. The zero-order valence-corrected chi connectivity index (χ0v) is 35.2. The number of alkyl halides is 3. The predicted molar refractivity (Wildman–Crippen MR) is 230 cm³/mol. The summed E-state index contributed by atoms with van der Waals surface area (Å²) >= 11 is 1.41. The fourth-order valence-corrected chi connectivity index (χ4v) is 8.19. The molecule has 0 aliphatic carbocycles. The molecule has 1 N–H and O–H groups in total. The first-order chi connectivity index (χ1) is 29.1. The lowest BCUT2D eigenvalue weighted by atomic mass is 9.93. The van der Waals surface area contributed by atoms with E-state index in [9.17, 15) is 27.6 Å². The summed E-state index contributed by atoms with van der Waals surface area (Å²) in [6, 6.07) is 28.0. The van der Waals surface area contributed by atoms with E-state index in [1.165, 1.54) is 35.6 Å². The first-order valence-corrected chi connectivity index (χ1v) is 20.8. The first-order valence-electron chi connectivity index (χ1n) is 19.9. The van der Waals surface area contributed by atoms with E-state index in [-0.39, 0.29) is 30.2 Å². The Labute approximate surface area is 355 Å². The van der Waals surface area contributed by atoms with Gasteiger partial charge in [0.05, 0.1) is 22.7 Å². The molecule has 3 heterocycles. The van der Waals surface area contributed by atoms with Crippen LogP contribution in [-0.2, 0) is 27.2 Å². The molecule has 0 unspecified atom stereocenters. The summed E-state index contributed by atoms with van der Waals surface area (Å²) < 4.78 is 59.9. The van der Waals surface area contributed by atoms with E-state index in [0.717, 1.165) is 21.3 Å². The first kappa shape index (κ1) is 42.8. The number of esters is 2. The summed E-state index contributed by atoms with van der Waals surface area (Å²) in [7, 11) is 0. The van der Waals surface area contributed by atoms with E-state index in [4.69, 9.17) is 19.2 Å². The molecule has 1 aliphatic rings. The average Bonchev–Trinajstić information content (AvgIpc) is 3.63. The Bertz CT molecular complexity index is 2550. The molecular weight excluding hydrogens is 806 g/mol. The van der Waals surface area contributed by atoms with E-state index in [2.05, 4.69) is 10.3 Å². The van der Waals surface area contributed by atoms with Crippen LogP contribution in [-0.4, -0.2) is 52.7 Å². The summed E-state index contributed by atoms with van der Waals surface area (Å²) in [4.78, 5) is 51.0. The highest BCUT2D eigenvalue weighted by Crippen LogP contribution is 2.41. The van der Waals surface area contributed by atoms with Crippen molar-refractivity contribution in [3.63, 3.8) is 0 Å². The van der Waals surface area contributed by atoms with E-state index < -0.39 is 36.1 Å². The predicted octanol–water partition coefficient (Wildman–Crippen LogP) is 11.2. The molecule has 0 bridgehead atoms. The second kappa shape index (κ2) is 17.7. The Kier molecular flexibility index (Phi) is 12.5. The Balaban J connectivity index is 1.15. The van der Waals surface area contributed by atoms with Gasteiger partial charge in [0.15, 0.2) is 10.8 Å². The van der Waals surface area contributed by atoms with Crippen molar-refractivity contribution in [1.29, 1.82) is 0 Å². The van der Waals surface area contributed by atoms with E-state index in [1.54, 1.807) is 45.9 Å². The number of nitrogens with zero attached hydrogens (tertiary/aromatic N) is 3. The minimum absolute atomic E-state index is 0.00364. The van der Waals surface area contributed by atoms with Crippen LogP contribution in [0.2, 0.25) is 0 Å². The van der Waals surface area contributed by atoms with Gasteiger partial charge in [-0.1, -0.05) is 59.9 Å². The topological polar surface area (TPSA) is 120 Å². The Morgan fingerprint density at radius 1 is 0.885 bits per heavy atom. The maximum absolute atomic E-state index is 14.0. The van der Waals surface area contributed by atoms with Crippen LogP contribution in [0.1, 0.15) is 89.6 Å². The Hall–Kier alpha value is -6.28. The number of carbonyl (C=O) groups excluding carboxylic acids is 3. The average molecular weight is 851 g/mol. The number of ether oxygens (including phenoxy) is 3. The lowest BCUT2D eigenvalue weighted by Crippen LogP contribution is -2.33.